The molecule has 0 aliphatic carbocycles. The maximum Gasteiger partial charge on any atom is 0.141 e. The number of hydrogen-bond donors (Lipinski definition) is 1. The normalized spacial score (nSPS) is 13.2. The zero-order chi connectivity index (χ0) is 11.7. The first-order valence-corrected chi connectivity index (χ1v) is 5.37. The topological polar surface area (TPSA) is 52.5 Å². The lowest BCUT2D eigenvalue weighted by atomic mass is 10.1. The van der Waals surface area contributed by atoms with Gasteiger partial charge < -0.3 is 10.5 Å². The van der Waals surface area contributed by atoms with Gasteiger partial charge in [-0.15, -0.1) is 0 Å². The summed E-state index contributed by atoms with van der Waals surface area (Å²) >= 11 is 0. The molecule has 0 spiro atoms. The van der Waals surface area contributed by atoms with E-state index in [9.17, 15) is 0 Å². The van der Waals surface area contributed by atoms with Gasteiger partial charge in [0.2, 0.25) is 0 Å². The number of aryl methyl sites for hydroxylation is 1. The summed E-state index contributed by atoms with van der Waals surface area (Å²) in [5.41, 5.74) is 9.06. The molecule has 0 bridgehead atoms. The van der Waals surface area contributed by atoms with Gasteiger partial charge in [0.1, 0.15) is 11.5 Å². The van der Waals surface area contributed by atoms with E-state index < -0.39 is 0 Å². The lowest BCUT2D eigenvalue weighted by molar-refractivity contribution is 0.183. The quantitative estimate of drug-likeness (QED) is 0.858. The SMILES string of the molecule is COCC(C)c1nc2c(C)cccn2c1N. The van der Waals surface area contributed by atoms with Gasteiger partial charge in [-0.05, 0) is 18.6 Å². The Balaban J connectivity index is 2.55. The third-order valence-corrected chi connectivity index (χ3v) is 2.79. The van der Waals surface area contributed by atoms with E-state index in [-0.39, 0.29) is 5.92 Å². The van der Waals surface area contributed by atoms with E-state index >= 15 is 0 Å². The fourth-order valence-electron chi connectivity index (χ4n) is 1.93. The molecule has 86 valence electrons. The summed E-state index contributed by atoms with van der Waals surface area (Å²) in [5.74, 6) is 0.924. The largest absolute Gasteiger partial charge is 0.384 e. The molecule has 0 fully saturated rings. The molecule has 1 atom stereocenters. The second-order valence-electron chi connectivity index (χ2n) is 4.12. The predicted molar refractivity (Wildman–Crippen MR) is 64.6 cm³/mol. The number of fused-ring (bicyclic) bond motifs is 1. The Labute approximate surface area is 95.0 Å². The number of nitrogen functional groups attached to an aromatic ring is 1. The van der Waals surface area contributed by atoms with E-state index in [1.807, 2.05) is 29.7 Å². The molecule has 0 amide bonds. The molecule has 2 N–H and O–H groups in total. The highest BCUT2D eigenvalue weighted by Crippen LogP contribution is 2.24. The summed E-state index contributed by atoms with van der Waals surface area (Å²) in [6.07, 6.45) is 1.94. The Bertz CT molecular complexity index is 504. The van der Waals surface area contributed by atoms with Gasteiger partial charge in [-0.2, -0.15) is 0 Å². The number of rotatable bonds is 3. The highest BCUT2D eigenvalue weighted by Gasteiger charge is 2.16. The number of imidazole rings is 1. The minimum atomic E-state index is 0.212. The monoisotopic (exact) mass is 219 g/mol. The lowest BCUT2D eigenvalue weighted by Gasteiger charge is -2.07. The number of methoxy groups -OCH3 is 1. The molecule has 2 aromatic heterocycles. The summed E-state index contributed by atoms with van der Waals surface area (Å²) in [6, 6.07) is 4.01. The Morgan fingerprint density at radius 1 is 1.56 bits per heavy atom. The van der Waals surface area contributed by atoms with Crippen molar-refractivity contribution in [1.29, 1.82) is 0 Å². The van der Waals surface area contributed by atoms with Crippen LogP contribution in [0.1, 0.15) is 24.1 Å². The predicted octanol–water partition coefficient (Wildman–Crippen LogP) is 1.97. The fraction of sp³-hybridized carbons (Fsp3) is 0.417. The van der Waals surface area contributed by atoms with Gasteiger partial charge in [-0.25, -0.2) is 4.98 Å². The molecule has 0 saturated heterocycles. The average molecular weight is 219 g/mol. The van der Waals surface area contributed by atoms with Gasteiger partial charge in [0.15, 0.2) is 0 Å². The van der Waals surface area contributed by atoms with Crippen LogP contribution in [-0.2, 0) is 4.74 Å². The molecule has 16 heavy (non-hydrogen) atoms. The van der Waals surface area contributed by atoms with Gasteiger partial charge in [0.05, 0.1) is 12.3 Å². The van der Waals surface area contributed by atoms with Crippen LogP contribution in [0.25, 0.3) is 5.65 Å². The molecule has 4 nitrogen and oxygen atoms in total. The van der Waals surface area contributed by atoms with Gasteiger partial charge in [-0.3, -0.25) is 4.40 Å². The van der Waals surface area contributed by atoms with Crippen LogP contribution in [0.5, 0.6) is 0 Å². The van der Waals surface area contributed by atoms with Crippen LogP contribution >= 0.6 is 0 Å². The van der Waals surface area contributed by atoms with Crippen LogP contribution < -0.4 is 5.73 Å². The van der Waals surface area contributed by atoms with E-state index in [1.54, 1.807) is 7.11 Å². The summed E-state index contributed by atoms with van der Waals surface area (Å²) < 4.78 is 7.06. The Morgan fingerprint density at radius 2 is 2.31 bits per heavy atom. The number of nitrogens with two attached hydrogens (primary N) is 1. The van der Waals surface area contributed by atoms with Crippen LogP contribution in [0, 0.1) is 6.92 Å². The third-order valence-electron chi connectivity index (χ3n) is 2.79. The van der Waals surface area contributed by atoms with E-state index in [0.717, 1.165) is 16.9 Å². The standard InChI is InChI=1S/C12H17N3O/c1-8-5-4-6-15-11(13)10(14-12(8)15)9(2)7-16-3/h4-6,9H,7,13H2,1-3H3. The molecule has 0 aromatic carbocycles. The maximum atomic E-state index is 6.08. The number of ether oxygens (including phenoxy) is 1. The average Bonchev–Trinajstić information content (AvgIpc) is 2.59. The third kappa shape index (κ3) is 1.65. The summed E-state index contributed by atoms with van der Waals surface area (Å²) in [6.45, 7) is 4.73. The van der Waals surface area contributed by atoms with Gasteiger partial charge >= 0.3 is 0 Å². The second kappa shape index (κ2) is 4.14. The van der Waals surface area contributed by atoms with E-state index in [1.165, 1.54) is 0 Å². The minimum absolute atomic E-state index is 0.212. The minimum Gasteiger partial charge on any atom is -0.384 e. The molecule has 4 heteroatoms. The van der Waals surface area contributed by atoms with Crippen molar-refractivity contribution in [2.45, 2.75) is 19.8 Å². The highest BCUT2D eigenvalue weighted by molar-refractivity contribution is 5.57. The molecule has 1 unspecified atom stereocenters. The first kappa shape index (κ1) is 11.0. The van der Waals surface area contributed by atoms with Gasteiger partial charge in [0.25, 0.3) is 0 Å². The van der Waals surface area contributed by atoms with Crippen molar-refractivity contribution in [3.8, 4) is 0 Å². The lowest BCUT2D eigenvalue weighted by Crippen LogP contribution is -2.05. The van der Waals surface area contributed by atoms with Gasteiger partial charge in [0, 0.05) is 19.2 Å². The van der Waals surface area contributed by atoms with Crippen LogP contribution in [-0.4, -0.2) is 23.1 Å². The second-order valence-corrected chi connectivity index (χ2v) is 4.12. The van der Waals surface area contributed by atoms with Crippen molar-refractivity contribution in [1.82, 2.24) is 9.38 Å². The van der Waals surface area contributed by atoms with Crippen molar-refractivity contribution in [3.63, 3.8) is 0 Å². The zero-order valence-corrected chi connectivity index (χ0v) is 9.90. The van der Waals surface area contributed by atoms with Crippen molar-refractivity contribution < 1.29 is 4.74 Å². The zero-order valence-electron chi connectivity index (χ0n) is 9.90. The summed E-state index contributed by atoms with van der Waals surface area (Å²) in [7, 11) is 1.69. The number of anilines is 1. The molecule has 2 rings (SSSR count). The van der Waals surface area contributed by atoms with Gasteiger partial charge in [-0.1, -0.05) is 13.0 Å². The maximum absolute atomic E-state index is 6.08. The van der Waals surface area contributed by atoms with Crippen LogP contribution in [0.4, 0.5) is 5.82 Å². The number of hydrogen-bond acceptors (Lipinski definition) is 3. The van der Waals surface area contributed by atoms with Crippen LogP contribution in [0.15, 0.2) is 18.3 Å². The number of aromatic nitrogens is 2. The van der Waals surface area contributed by atoms with Crippen LogP contribution in [0.2, 0.25) is 0 Å². The Morgan fingerprint density at radius 3 is 2.94 bits per heavy atom. The van der Waals surface area contributed by atoms with E-state index in [0.29, 0.717) is 12.4 Å². The van der Waals surface area contributed by atoms with Crippen molar-refractivity contribution in [2.75, 3.05) is 19.5 Å². The molecule has 0 aliphatic heterocycles. The molecule has 2 aromatic rings. The fourth-order valence-corrected chi connectivity index (χ4v) is 1.93. The molecule has 0 saturated carbocycles. The number of pyridine rings is 1. The van der Waals surface area contributed by atoms with E-state index in [2.05, 4.69) is 11.9 Å². The Hall–Kier alpha value is -1.55. The molecular formula is C12H17N3O. The highest BCUT2D eigenvalue weighted by atomic mass is 16.5. The first-order valence-electron chi connectivity index (χ1n) is 5.37. The molecule has 0 radical (unpaired) electrons. The van der Waals surface area contributed by atoms with E-state index in [4.69, 9.17) is 10.5 Å². The first-order chi connectivity index (χ1) is 7.65. The Kier molecular flexibility index (Phi) is 2.83. The van der Waals surface area contributed by atoms with Crippen molar-refractivity contribution >= 4 is 11.5 Å². The number of nitrogens with zero attached hydrogens (tertiary/aromatic N) is 2. The molecule has 0 aliphatic rings. The van der Waals surface area contributed by atoms with Crippen molar-refractivity contribution in [2.24, 2.45) is 0 Å². The smallest absolute Gasteiger partial charge is 0.141 e. The molecule has 2 heterocycles. The summed E-state index contributed by atoms with van der Waals surface area (Å²) in [4.78, 5) is 4.59. The summed E-state index contributed by atoms with van der Waals surface area (Å²) in [5, 5.41) is 0. The molecular weight excluding hydrogens is 202 g/mol. The van der Waals surface area contributed by atoms with Crippen molar-refractivity contribution in [3.05, 3.63) is 29.6 Å². The van der Waals surface area contributed by atoms with Crippen LogP contribution in [0.3, 0.4) is 0 Å².